The number of para-hydroxylation sites is 1. The predicted molar refractivity (Wildman–Crippen MR) is 116 cm³/mol. The highest BCUT2D eigenvalue weighted by atomic mass is 16.6. The van der Waals surface area contributed by atoms with Gasteiger partial charge in [-0.05, 0) is 36.1 Å². The molecule has 0 spiro atoms. The Hall–Kier alpha value is -3.80. The lowest BCUT2D eigenvalue weighted by Crippen LogP contribution is -2.32. The van der Waals surface area contributed by atoms with Crippen molar-refractivity contribution in [2.24, 2.45) is 0 Å². The van der Waals surface area contributed by atoms with Crippen LogP contribution in [0, 0.1) is 0 Å². The van der Waals surface area contributed by atoms with Gasteiger partial charge in [0.1, 0.15) is 17.1 Å². The zero-order valence-electron chi connectivity index (χ0n) is 17.1. The molecule has 2 heterocycles. The van der Waals surface area contributed by atoms with Crippen molar-refractivity contribution >= 4 is 27.7 Å². The van der Waals surface area contributed by atoms with Crippen molar-refractivity contribution in [2.45, 2.75) is 18.9 Å². The molecule has 0 amide bonds. The minimum absolute atomic E-state index is 0.209. The molecule has 0 fully saturated rings. The molecule has 31 heavy (non-hydrogen) atoms. The van der Waals surface area contributed by atoms with E-state index in [1.54, 1.807) is 26.2 Å². The summed E-state index contributed by atoms with van der Waals surface area (Å²) in [5, 5.41) is 2.39. The molecule has 0 aliphatic carbocycles. The van der Waals surface area contributed by atoms with Crippen molar-refractivity contribution in [3.8, 4) is 11.5 Å². The number of carbonyl (C=O) groups is 1. The van der Waals surface area contributed by atoms with Gasteiger partial charge in [-0.15, -0.1) is 0 Å². The number of hydrogen-bond donors (Lipinski definition) is 0. The zero-order valence-corrected chi connectivity index (χ0v) is 17.1. The van der Waals surface area contributed by atoms with Crippen LogP contribution in [0.25, 0.3) is 21.7 Å². The van der Waals surface area contributed by atoms with Gasteiger partial charge in [-0.25, -0.2) is 9.59 Å². The van der Waals surface area contributed by atoms with Gasteiger partial charge in [-0.2, -0.15) is 0 Å². The lowest BCUT2D eigenvalue weighted by molar-refractivity contribution is -0.151. The number of ether oxygens (including phenoxy) is 3. The second-order valence-electron chi connectivity index (χ2n) is 7.30. The number of benzene rings is 3. The second kappa shape index (κ2) is 7.47. The summed E-state index contributed by atoms with van der Waals surface area (Å²) in [5.41, 5.74) is 0.988. The van der Waals surface area contributed by atoms with Crippen LogP contribution in [-0.2, 0) is 9.53 Å². The van der Waals surface area contributed by atoms with Crippen LogP contribution in [0.4, 0.5) is 0 Å². The fourth-order valence-electron chi connectivity index (χ4n) is 4.35. The molecule has 2 atom stereocenters. The molecule has 6 nitrogen and oxygen atoms in total. The van der Waals surface area contributed by atoms with Gasteiger partial charge in [0.2, 0.25) is 6.10 Å². The maximum Gasteiger partial charge on any atom is 0.348 e. The Kier molecular flexibility index (Phi) is 4.62. The molecule has 1 aliphatic heterocycles. The number of esters is 1. The van der Waals surface area contributed by atoms with E-state index in [0.717, 1.165) is 16.3 Å². The Morgan fingerprint density at radius 3 is 2.42 bits per heavy atom. The quantitative estimate of drug-likeness (QED) is 0.362. The minimum Gasteiger partial charge on any atom is -0.496 e. The molecule has 0 radical (unpaired) electrons. The summed E-state index contributed by atoms with van der Waals surface area (Å²) in [7, 11) is 1.61. The molecular weight excluding hydrogens is 396 g/mol. The van der Waals surface area contributed by atoms with Crippen LogP contribution in [0.3, 0.4) is 0 Å². The van der Waals surface area contributed by atoms with Crippen molar-refractivity contribution in [3.05, 3.63) is 82.2 Å². The van der Waals surface area contributed by atoms with E-state index in [9.17, 15) is 9.59 Å². The third kappa shape index (κ3) is 2.94. The van der Waals surface area contributed by atoms with Gasteiger partial charge in [0.25, 0.3) is 0 Å². The van der Waals surface area contributed by atoms with E-state index in [0.29, 0.717) is 28.0 Å². The highest BCUT2D eigenvalue weighted by Gasteiger charge is 2.45. The highest BCUT2D eigenvalue weighted by Crippen LogP contribution is 2.47. The maximum absolute atomic E-state index is 13.1. The van der Waals surface area contributed by atoms with Crippen LogP contribution in [0.15, 0.2) is 69.9 Å². The normalized spacial score (nSPS) is 17.4. The third-order valence-electron chi connectivity index (χ3n) is 5.65. The average Bonchev–Trinajstić information content (AvgIpc) is 3.20. The largest absolute Gasteiger partial charge is 0.496 e. The first kappa shape index (κ1) is 19.2. The Morgan fingerprint density at radius 2 is 1.68 bits per heavy atom. The molecular formula is C25H20O6. The summed E-state index contributed by atoms with van der Waals surface area (Å²) in [4.78, 5) is 26.0. The van der Waals surface area contributed by atoms with Crippen LogP contribution in [-0.4, -0.2) is 25.8 Å². The van der Waals surface area contributed by atoms with E-state index in [1.165, 1.54) is 0 Å². The summed E-state index contributed by atoms with van der Waals surface area (Å²) in [6.07, 6.45) is -1.000. The van der Waals surface area contributed by atoms with Crippen LogP contribution in [0.2, 0.25) is 0 Å². The maximum atomic E-state index is 13.1. The van der Waals surface area contributed by atoms with Crippen LogP contribution < -0.4 is 15.1 Å². The number of carbonyl (C=O) groups excluding carboxylic acids is 1. The van der Waals surface area contributed by atoms with Crippen molar-refractivity contribution in [3.63, 3.8) is 0 Å². The monoisotopic (exact) mass is 416 g/mol. The number of fused-ring (bicyclic) bond motifs is 4. The Bertz CT molecular complexity index is 1370. The number of rotatable bonds is 4. The van der Waals surface area contributed by atoms with Crippen LogP contribution in [0.1, 0.15) is 24.0 Å². The van der Waals surface area contributed by atoms with Gasteiger partial charge >= 0.3 is 11.6 Å². The first-order chi connectivity index (χ1) is 15.1. The molecule has 0 N–H and O–H groups in total. The topological polar surface area (TPSA) is 75.0 Å². The lowest BCUT2D eigenvalue weighted by atomic mass is 9.85. The van der Waals surface area contributed by atoms with Gasteiger partial charge in [-0.1, -0.05) is 42.5 Å². The van der Waals surface area contributed by atoms with E-state index in [-0.39, 0.29) is 6.61 Å². The van der Waals surface area contributed by atoms with Gasteiger partial charge in [0.05, 0.1) is 30.6 Å². The SMILES string of the molecule is CCOC(=O)C1Oc2c(c(=O)oc3ccccc23)C1c1ccc(OC)c2ccccc12. The van der Waals surface area contributed by atoms with Crippen LogP contribution >= 0.6 is 0 Å². The second-order valence-corrected chi connectivity index (χ2v) is 7.30. The van der Waals surface area contributed by atoms with Crippen molar-refractivity contribution in [2.75, 3.05) is 13.7 Å². The van der Waals surface area contributed by atoms with Gasteiger partial charge in [0, 0.05) is 5.39 Å². The molecule has 6 heteroatoms. The van der Waals surface area contributed by atoms with Gasteiger partial charge in [-0.3, -0.25) is 0 Å². The molecule has 0 saturated heterocycles. The fraction of sp³-hybridized carbons (Fsp3) is 0.200. The molecule has 0 bridgehead atoms. The Labute approximate surface area is 178 Å². The van der Waals surface area contributed by atoms with Crippen molar-refractivity contribution < 1.29 is 23.4 Å². The summed E-state index contributed by atoms with van der Waals surface area (Å²) >= 11 is 0. The first-order valence-electron chi connectivity index (χ1n) is 10.1. The first-order valence-corrected chi connectivity index (χ1v) is 10.1. The Morgan fingerprint density at radius 1 is 0.968 bits per heavy atom. The molecule has 156 valence electrons. The summed E-state index contributed by atoms with van der Waals surface area (Å²) < 4.78 is 22.5. The molecule has 0 saturated carbocycles. The van der Waals surface area contributed by atoms with E-state index < -0.39 is 23.6 Å². The number of methoxy groups -OCH3 is 1. The van der Waals surface area contributed by atoms with Gasteiger partial charge in [0.15, 0.2) is 0 Å². The van der Waals surface area contributed by atoms with E-state index in [1.807, 2.05) is 48.5 Å². The molecule has 2 unspecified atom stereocenters. The number of hydrogen-bond acceptors (Lipinski definition) is 6. The Balaban J connectivity index is 1.81. The molecule has 4 aromatic rings. The standard InChI is InChI=1S/C25H20O6/c1-3-29-25(27)23-20(16-12-13-18(28-2)15-9-5-4-8-14(15)16)21-22(31-23)17-10-6-7-11-19(17)30-24(21)26/h4-13,20,23H,3H2,1-2H3. The smallest absolute Gasteiger partial charge is 0.348 e. The zero-order chi connectivity index (χ0) is 21.5. The minimum atomic E-state index is -1.000. The van der Waals surface area contributed by atoms with E-state index in [2.05, 4.69) is 0 Å². The van der Waals surface area contributed by atoms with E-state index in [4.69, 9.17) is 18.6 Å². The third-order valence-corrected chi connectivity index (χ3v) is 5.65. The summed E-state index contributed by atoms with van der Waals surface area (Å²) in [6.45, 7) is 1.95. The van der Waals surface area contributed by atoms with Crippen LogP contribution in [0.5, 0.6) is 11.5 Å². The molecule has 5 rings (SSSR count). The molecule has 1 aliphatic rings. The molecule has 1 aromatic heterocycles. The summed E-state index contributed by atoms with van der Waals surface area (Å²) in [5.74, 6) is -0.121. The highest BCUT2D eigenvalue weighted by molar-refractivity contribution is 5.94. The lowest BCUT2D eigenvalue weighted by Gasteiger charge is -2.20. The van der Waals surface area contributed by atoms with E-state index >= 15 is 0 Å². The van der Waals surface area contributed by atoms with Crippen molar-refractivity contribution in [1.82, 2.24) is 0 Å². The van der Waals surface area contributed by atoms with Gasteiger partial charge < -0.3 is 18.6 Å². The fourth-order valence-corrected chi connectivity index (χ4v) is 4.35. The van der Waals surface area contributed by atoms with Crippen molar-refractivity contribution in [1.29, 1.82) is 0 Å². The average molecular weight is 416 g/mol. The molecule has 3 aromatic carbocycles. The summed E-state index contributed by atoms with van der Waals surface area (Å²) in [6, 6.07) is 18.5. The predicted octanol–water partition coefficient (Wildman–Crippen LogP) is 4.41.